The molecule has 4 atom stereocenters. The number of fused-ring (bicyclic) bond motifs is 1. The van der Waals surface area contributed by atoms with Gasteiger partial charge < -0.3 is 37.4 Å². The average Bonchev–Trinajstić information content (AvgIpc) is 3.22. The van der Waals surface area contributed by atoms with Gasteiger partial charge in [0.2, 0.25) is 5.91 Å². The van der Waals surface area contributed by atoms with Crippen LogP contribution in [0.15, 0.2) is 65.7 Å². The van der Waals surface area contributed by atoms with Crippen LogP contribution in [-0.4, -0.2) is 93.8 Å². The molecule has 2 aromatic carbocycles. The van der Waals surface area contributed by atoms with Gasteiger partial charge in [-0.2, -0.15) is 13.2 Å². The number of aliphatic hydroxyl groups excluding tert-OH is 1. The van der Waals surface area contributed by atoms with Crippen LogP contribution in [0, 0.1) is 5.92 Å². The van der Waals surface area contributed by atoms with E-state index in [0.29, 0.717) is 60.6 Å². The molecule has 1 saturated heterocycles. The Labute approximate surface area is 355 Å². The van der Waals surface area contributed by atoms with Crippen molar-refractivity contribution >= 4 is 40.0 Å². The summed E-state index contributed by atoms with van der Waals surface area (Å²) in [5.41, 5.74) is 13.1. The molecule has 3 heterocycles. The maximum absolute atomic E-state index is 13.5. The summed E-state index contributed by atoms with van der Waals surface area (Å²) in [6.07, 6.45) is 0.916. The maximum atomic E-state index is 13.5. The SMILES string of the molecule is CC(C)CC(NC(=O)C(O)C(N)Cc1ccccc1)C(=O)NCCCCCCCN1CCN(c2cc3c(NC(C)c4cc(N)cc(C(F)(F)F)c4)ncnc3n(C)c2=O)CC1. The van der Waals surface area contributed by atoms with Crippen LogP contribution < -0.4 is 37.9 Å². The maximum Gasteiger partial charge on any atom is 0.416 e. The van der Waals surface area contributed by atoms with E-state index in [1.54, 1.807) is 20.0 Å². The van der Waals surface area contributed by atoms with Crippen LogP contribution in [0.3, 0.4) is 0 Å². The van der Waals surface area contributed by atoms with Crippen LogP contribution in [0.2, 0.25) is 0 Å². The molecule has 17 heteroatoms. The highest BCUT2D eigenvalue weighted by molar-refractivity contribution is 5.90. The zero-order chi connectivity index (χ0) is 44.3. The van der Waals surface area contributed by atoms with Crippen LogP contribution in [0.1, 0.15) is 82.0 Å². The first-order chi connectivity index (χ1) is 29.0. The Morgan fingerprint density at radius 3 is 2.30 bits per heavy atom. The van der Waals surface area contributed by atoms with E-state index in [-0.39, 0.29) is 23.1 Å². The Hall–Kier alpha value is -5.26. The van der Waals surface area contributed by atoms with Crippen molar-refractivity contribution in [3.63, 3.8) is 0 Å². The highest BCUT2D eigenvalue weighted by Crippen LogP contribution is 2.34. The fourth-order valence-corrected chi connectivity index (χ4v) is 7.66. The van der Waals surface area contributed by atoms with E-state index in [0.717, 1.165) is 69.4 Å². The number of nitrogen functional groups attached to an aromatic ring is 1. The lowest BCUT2D eigenvalue weighted by atomic mass is 9.99. The number of nitrogens with two attached hydrogens (primary N) is 2. The standard InChI is InChI=1S/C44H61F3N10O4/c1-28(2)21-36(54-42(60)38(58)35(49)22-30-13-9-8-10-14-30)41(59)50-15-11-6-5-7-12-16-56-17-19-57(20-18-56)37-26-34-39(51-27-52-40(34)55(4)43(37)61)53-29(3)31-23-32(44(45,46)47)25-33(48)24-31/h8-10,13-14,23-29,35-36,38,58H,5-7,11-12,15-22,48-49H2,1-4H3,(H,50,59)(H,54,60)(H,51,52,53). The molecule has 0 saturated carbocycles. The smallest absolute Gasteiger partial charge is 0.399 e. The summed E-state index contributed by atoms with van der Waals surface area (Å²) in [5, 5.41) is 20.0. The van der Waals surface area contributed by atoms with E-state index in [9.17, 15) is 32.7 Å². The summed E-state index contributed by atoms with van der Waals surface area (Å²) in [6.45, 7) is 9.93. The fraction of sp³-hybridized carbons (Fsp3) is 0.523. The lowest BCUT2D eigenvalue weighted by Crippen LogP contribution is -2.54. The van der Waals surface area contributed by atoms with Gasteiger partial charge in [0, 0.05) is 51.5 Å². The molecule has 14 nitrogen and oxygen atoms in total. The number of amides is 2. The van der Waals surface area contributed by atoms with E-state index in [2.05, 4.69) is 35.7 Å². The lowest BCUT2D eigenvalue weighted by molar-refractivity contribution is -0.137. The second-order valence-corrected chi connectivity index (χ2v) is 16.5. The third-order valence-corrected chi connectivity index (χ3v) is 11.1. The molecule has 5 rings (SSSR count). The summed E-state index contributed by atoms with van der Waals surface area (Å²) in [7, 11) is 1.65. The molecule has 1 aliphatic rings. The number of carbonyl (C=O) groups is 2. The van der Waals surface area contributed by atoms with Crippen LogP contribution in [0.4, 0.5) is 30.4 Å². The molecule has 1 aliphatic heterocycles. The molecule has 0 radical (unpaired) electrons. The number of halogens is 3. The lowest BCUT2D eigenvalue weighted by Gasteiger charge is -2.36. The minimum absolute atomic E-state index is 0.00404. The number of nitrogens with zero attached hydrogens (tertiary/aromatic N) is 5. The number of hydrogen-bond donors (Lipinski definition) is 6. The van der Waals surface area contributed by atoms with Crippen LogP contribution in [0.25, 0.3) is 11.0 Å². The van der Waals surface area contributed by atoms with Crippen molar-refractivity contribution < 1.29 is 27.9 Å². The molecule has 332 valence electrons. The van der Waals surface area contributed by atoms with Gasteiger partial charge in [-0.1, -0.05) is 63.4 Å². The topological polar surface area (TPSA) is 197 Å². The van der Waals surface area contributed by atoms with E-state index in [1.165, 1.54) is 17.0 Å². The summed E-state index contributed by atoms with van der Waals surface area (Å²) in [4.78, 5) is 52.6. The van der Waals surface area contributed by atoms with Gasteiger partial charge in [-0.3, -0.25) is 23.9 Å². The van der Waals surface area contributed by atoms with Gasteiger partial charge in [-0.05, 0) is 80.5 Å². The Balaban J connectivity index is 1.04. The first kappa shape index (κ1) is 46.8. The predicted octanol–water partition coefficient (Wildman–Crippen LogP) is 4.75. The van der Waals surface area contributed by atoms with Crippen molar-refractivity contribution in [1.82, 2.24) is 30.1 Å². The number of aliphatic hydroxyl groups is 1. The van der Waals surface area contributed by atoms with Crippen LogP contribution in [-0.2, 0) is 29.2 Å². The molecule has 4 aromatic rings. The molecule has 8 N–H and O–H groups in total. The Bertz CT molecular complexity index is 2130. The molecule has 0 aliphatic carbocycles. The molecule has 2 aromatic heterocycles. The van der Waals surface area contributed by atoms with E-state index in [1.807, 2.05) is 44.2 Å². The summed E-state index contributed by atoms with van der Waals surface area (Å²) >= 11 is 0. The number of hydrogen-bond acceptors (Lipinski definition) is 11. The van der Waals surface area contributed by atoms with Crippen molar-refractivity contribution in [2.24, 2.45) is 18.7 Å². The normalized spacial score (nSPS) is 15.7. The van der Waals surface area contributed by atoms with Gasteiger partial charge in [0.05, 0.1) is 17.0 Å². The quantitative estimate of drug-likeness (QED) is 0.0531. The van der Waals surface area contributed by atoms with Gasteiger partial charge in [-0.25, -0.2) is 9.97 Å². The zero-order valence-electron chi connectivity index (χ0n) is 35.5. The number of rotatable bonds is 20. The number of benzene rings is 2. The monoisotopic (exact) mass is 850 g/mol. The Kier molecular flexibility index (Phi) is 16.5. The third-order valence-electron chi connectivity index (χ3n) is 11.1. The van der Waals surface area contributed by atoms with Crippen LogP contribution in [0.5, 0.6) is 0 Å². The van der Waals surface area contributed by atoms with Crippen molar-refractivity contribution in [3.05, 3.63) is 88.0 Å². The first-order valence-corrected chi connectivity index (χ1v) is 21.1. The molecule has 4 unspecified atom stereocenters. The minimum Gasteiger partial charge on any atom is -0.399 e. The molecule has 0 bridgehead atoms. The molecule has 61 heavy (non-hydrogen) atoms. The number of alkyl halides is 3. The van der Waals surface area contributed by atoms with Crippen molar-refractivity contribution in [1.29, 1.82) is 0 Å². The van der Waals surface area contributed by atoms with Crippen LogP contribution >= 0.6 is 0 Å². The third kappa shape index (κ3) is 13.1. The zero-order valence-corrected chi connectivity index (χ0v) is 35.5. The highest BCUT2D eigenvalue weighted by atomic mass is 19.4. The van der Waals surface area contributed by atoms with E-state index in [4.69, 9.17) is 11.5 Å². The van der Waals surface area contributed by atoms with Gasteiger partial charge in [0.1, 0.15) is 35.6 Å². The Morgan fingerprint density at radius 2 is 1.61 bits per heavy atom. The van der Waals surface area contributed by atoms with E-state index >= 15 is 0 Å². The predicted molar refractivity (Wildman–Crippen MR) is 233 cm³/mol. The fourth-order valence-electron chi connectivity index (χ4n) is 7.66. The summed E-state index contributed by atoms with van der Waals surface area (Å²) in [6, 6.07) is 12.5. The van der Waals surface area contributed by atoms with Crippen molar-refractivity contribution in [2.75, 3.05) is 55.2 Å². The summed E-state index contributed by atoms with van der Waals surface area (Å²) < 4.78 is 42.0. The average molecular weight is 851 g/mol. The van der Waals surface area contributed by atoms with Gasteiger partial charge in [0.15, 0.2) is 0 Å². The van der Waals surface area contributed by atoms with E-state index < -0.39 is 41.9 Å². The molecule has 0 spiro atoms. The second kappa shape index (κ2) is 21.5. The van der Waals surface area contributed by atoms with Gasteiger partial charge >= 0.3 is 6.18 Å². The number of carbonyl (C=O) groups excluding carboxylic acids is 2. The first-order valence-electron chi connectivity index (χ1n) is 21.1. The Morgan fingerprint density at radius 1 is 0.918 bits per heavy atom. The molecular weight excluding hydrogens is 790 g/mol. The highest BCUT2D eigenvalue weighted by Gasteiger charge is 2.32. The minimum atomic E-state index is -4.54. The molecular formula is C44H61F3N10O4. The second-order valence-electron chi connectivity index (χ2n) is 16.5. The van der Waals surface area contributed by atoms with Crippen molar-refractivity contribution in [2.45, 2.75) is 96.1 Å². The number of aromatic nitrogens is 3. The van der Waals surface area contributed by atoms with Crippen molar-refractivity contribution in [3.8, 4) is 0 Å². The number of piperazine rings is 1. The molecule has 2 amide bonds. The number of aryl methyl sites for hydroxylation is 1. The largest absolute Gasteiger partial charge is 0.416 e. The van der Waals surface area contributed by atoms with Gasteiger partial charge in [-0.15, -0.1) is 0 Å². The number of unbranched alkanes of at least 4 members (excludes halogenated alkanes) is 4. The number of pyridine rings is 1. The van der Waals surface area contributed by atoms with Gasteiger partial charge in [0.25, 0.3) is 11.5 Å². The number of anilines is 3. The summed E-state index contributed by atoms with van der Waals surface area (Å²) in [5.74, 6) is -0.388. The molecule has 1 fully saturated rings. The number of nitrogens with one attached hydrogen (secondary N) is 3.